The van der Waals surface area contributed by atoms with E-state index in [0.29, 0.717) is 0 Å². The third-order valence-electron chi connectivity index (χ3n) is 2.69. The lowest BCUT2D eigenvalue weighted by atomic mass is 9.97. The summed E-state index contributed by atoms with van der Waals surface area (Å²) < 4.78 is 8.88. The van der Waals surface area contributed by atoms with E-state index < -0.39 is 7.82 Å². The minimum Gasteiger partial charge on any atom is -0.303 e. The van der Waals surface area contributed by atoms with Gasteiger partial charge < -0.3 is 14.7 Å². The maximum absolute atomic E-state index is 8.88. The summed E-state index contributed by atoms with van der Waals surface area (Å²) >= 11 is 0. The highest BCUT2D eigenvalue weighted by atomic mass is 31.2. The van der Waals surface area contributed by atoms with Crippen LogP contribution in [0.25, 0.3) is 11.1 Å². The van der Waals surface area contributed by atoms with Gasteiger partial charge in [-0.05, 0) is 36.1 Å². The van der Waals surface area contributed by atoms with Gasteiger partial charge in [-0.2, -0.15) is 0 Å². The molecule has 3 N–H and O–H groups in total. The molecule has 0 aliphatic carbocycles. The standard InChI is InChI=1S/C14H14.H3O4P/c1-11-7-6-10-14(12(11)2)13-8-4-3-5-9-13;1-5(2,3)4/h3-10H,1-2H3;(H3,1,2,3,4). The summed E-state index contributed by atoms with van der Waals surface area (Å²) in [5.74, 6) is 0. The molecule has 0 aromatic heterocycles. The highest BCUT2D eigenvalue weighted by Crippen LogP contribution is 2.26. The van der Waals surface area contributed by atoms with Crippen LogP contribution in [-0.2, 0) is 4.57 Å². The summed E-state index contributed by atoms with van der Waals surface area (Å²) in [4.78, 5) is 21.6. The monoisotopic (exact) mass is 280 g/mol. The first-order valence-corrected chi connectivity index (χ1v) is 7.25. The van der Waals surface area contributed by atoms with Gasteiger partial charge in [0.2, 0.25) is 0 Å². The second-order valence-corrected chi connectivity index (χ2v) is 5.15. The maximum Gasteiger partial charge on any atom is 0.466 e. The fourth-order valence-electron chi connectivity index (χ4n) is 1.68. The van der Waals surface area contributed by atoms with Crippen molar-refractivity contribution in [2.45, 2.75) is 13.8 Å². The van der Waals surface area contributed by atoms with Gasteiger partial charge in [-0.15, -0.1) is 0 Å². The zero-order valence-electron chi connectivity index (χ0n) is 10.8. The van der Waals surface area contributed by atoms with Crippen LogP contribution in [-0.4, -0.2) is 14.7 Å². The predicted octanol–water partition coefficient (Wildman–Crippen LogP) is 3.04. The summed E-state index contributed by atoms with van der Waals surface area (Å²) in [5, 5.41) is 0. The van der Waals surface area contributed by atoms with E-state index in [1.807, 2.05) is 0 Å². The summed E-state index contributed by atoms with van der Waals surface area (Å²) in [6.45, 7) is 4.33. The average Bonchev–Trinajstić information content (AvgIpc) is 2.32. The van der Waals surface area contributed by atoms with Gasteiger partial charge in [-0.25, -0.2) is 4.57 Å². The topological polar surface area (TPSA) is 77.8 Å². The molecule has 0 saturated heterocycles. The van der Waals surface area contributed by atoms with Crippen LogP contribution in [0.4, 0.5) is 0 Å². The molecule has 0 spiro atoms. The lowest BCUT2D eigenvalue weighted by Crippen LogP contribution is -1.85. The summed E-state index contributed by atoms with van der Waals surface area (Å²) in [6, 6.07) is 17.0. The Kier molecular flexibility index (Phi) is 5.45. The second kappa shape index (κ2) is 6.64. The van der Waals surface area contributed by atoms with Crippen LogP contribution in [0, 0.1) is 13.8 Å². The molecule has 0 atom stereocenters. The van der Waals surface area contributed by atoms with E-state index in [1.54, 1.807) is 0 Å². The number of phosphoric acid groups is 1. The van der Waals surface area contributed by atoms with Crippen molar-refractivity contribution in [3.8, 4) is 11.1 Å². The van der Waals surface area contributed by atoms with Crippen LogP contribution in [0.2, 0.25) is 0 Å². The van der Waals surface area contributed by atoms with Gasteiger partial charge in [-0.3, -0.25) is 0 Å². The van der Waals surface area contributed by atoms with Crippen molar-refractivity contribution >= 4 is 7.82 Å². The van der Waals surface area contributed by atoms with Crippen molar-refractivity contribution in [1.82, 2.24) is 0 Å². The molecule has 0 saturated carbocycles. The van der Waals surface area contributed by atoms with Crippen LogP contribution in [0.3, 0.4) is 0 Å². The first-order chi connectivity index (χ1) is 8.79. The number of benzene rings is 2. The maximum atomic E-state index is 8.88. The van der Waals surface area contributed by atoms with Crippen molar-refractivity contribution < 1.29 is 19.2 Å². The Morgan fingerprint density at radius 2 is 1.37 bits per heavy atom. The molecule has 2 rings (SSSR count). The van der Waals surface area contributed by atoms with Crippen molar-refractivity contribution in [1.29, 1.82) is 0 Å². The van der Waals surface area contributed by atoms with E-state index in [2.05, 4.69) is 62.4 Å². The zero-order valence-corrected chi connectivity index (χ0v) is 11.7. The molecule has 2 aromatic carbocycles. The summed E-state index contributed by atoms with van der Waals surface area (Å²) in [7, 11) is -4.64. The van der Waals surface area contributed by atoms with E-state index in [-0.39, 0.29) is 0 Å². The molecule has 0 unspecified atom stereocenters. The van der Waals surface area contributed by atoms with Crippen LogP contribution in [0.15, 0.2) is 48.5 Å². The molecule has 0 radical (unpaired) electrons. The SMILES string of the molecule is Cc1cccc(-c2ccccc2)c1C.O=P(O)(O)O. The number of aryl methyl sites for hydroxylation is 1. The van der Waals surface area contributed by atoms with Crippen molar-refractivity contribution in [2.75, 3.05) is 0 Å². The van der Waals surface area contributed by atoms with Gasteiger partial charge in [-0.1, -0.05) is 48.5 Å². The molecular weight excluding hydrogens is 263 g/mol. The Hall–Kier alpha value is -1.45. The van der Waals surface area contributed by atoms with E-state index >= 15 is 0 Å². The third kappa shape index (κ3) is 5.81. The van der Waals surface area contributed by atoms with Crippen LogP contribution >= 0.6 is 7.82 Å². The van der Waals surface area contributed by atoms with Gasteiger partial charge in [0, 0.05) is 0 Å². The van der Waals surface area contributed by atoms with Crippen molar-refractivity contribution in [3.63, 3.8) is 0 Å². The minimum atomic E-state index is -4.64. The minimum absolute atomic E-state index is 1.30. The van der Waals surface area contributed by atoms with Crippen LogP contribution in [0.1, 0.15) is 11.1 Å². The molecule has 0 fully saturated rings. The first-order valence-electron chi connectivity index (χ1n) is 5.69. The molecule has 5 heteroatoms. The van der Waals surface area contributed by atoms with Gasteiger partial charge in [0.15, 0.2) is 0 Å². The molecule has 0 heterocycles. The number of rotatable bonds is 1. The second-order valence-electron chi connectivity index (χ2n) is 4.13. The Bertz CT molecular complexity index is 567. The largest absolute Gasteiger partial charge is 0.466 e. The molecule has 19 heavy (non-hydrogen) atoms. The molecule has 0 aliphatic rings. The fraction of sp³-hybridized carbons (Fsp3) is 0.143. The van der Waals surface area contributed by atoms with Crippen molar-refractivity contribution in [3.05, 3.63) is 59.7 Å². The number of hydrogen-bond donors (Lipinski definition) is 3. The van der Waals surface area contributed by atoms with Gasteiger partial charge in [0.25, 0.3) is 0 Å². The van der Waals surface area contributed by atoms with E-state index in [9.17, 15) is 0 Å². The Labute approximate surface area is 112 Å². The Balaban J connectivity index is 0.000000312. The Morgan fingerprint density at radius 1 is 0.842 bits per heavy atom. The quantitative estimate of drug-likeness (QED) is 0.702. The molecule has 0 amide bonds. The molecule has 4 nitrogen and oxygen atoms in total. The molecule has 0 aliphatic heterocycles. The molecule has 0 bridgehead atoms. The first kappa shape index (κ1) is 15.6. The summed E-state index contributed by atoms with van der Waals surface area (Å²) in [5.41, 5.74) is 5.37. The highest BCUT2D eigenvalue weighted by molar-refractivity contribution is 7.45. The van der Waals surface area contributed by atoms with E-state index in [0.717, 1.165) is 0 Å². The average molecular weight is 280 g/mol. The lowest BCUT2D eigenvalue weighted by molar-refractivity contribution is 0.275. The highest BCUT2D eigenvalue weighted by Gasteiger charge is 2.01. The normalized spacial score (nSPS) is 10.6. The predicted molar refractivity (Wildman–Crippen MR) is 75.6 cm³/mol. The fourth-order valence-corrected chi connectivity index (χ4v) is 1.68. The zero-order chi connectivity index (χ0) is 14.5. The third-order valence-corrected chi connectivity index (χ3v) is 2.69. The van der Waals surface area contributed by atoms with Gasteiger partial charge >= 0.3 is 7.82 Å². The molecule has 2 aromatic rings. The Morgan fingerprint density at radius 3 is 1.89 bits per heavy atom. The van der Waals surface area contributed by atoms with Crippen LogP contribution in [0.5, 0.6) is 0 Å². The smallest absolute Gasteiger partial charge is 0.303 e. The van der Waals surface area contributed by atoms with Crippen LogP contribution < -0.4 is 0 Å². The van der Waals surface area contributed by atoms with E-state index in [4.69, 9.17) is 19.2 Å². The lowest BCUT2D eigenvalue weighted by Gasteiger charge is -2.07. The van der Waals surface area contributed by atoms with Crippen molar-refractivity contribution in [2.24, 2.45) is 0 Å². The van der Waals surface area contributed by atoms with Gasteiger partial charge in [0.05, 0.1) is 0 Å². The molecule has 102 valence electrons. The summed E-state index contributed by atoms with van der Waals surface area (Å²) in [6.07, 6.45) is 0. The molecular formula is C14H17O4P. The van der Waals surface area contributed by atoms with Gasteiger partial charge in [0.1, 0.15) is 0 Å². The number of hydrogen-bond acceptors (Lipinski definition) is 1. The van der Waals surface area contributed by atoms with E-state index in [1.165, 1.54) is 22.3 Å².